The lowest BCUT2D eigenvalue weighted by Gasteiger charge is -2.24. The summed E-state index contributed by atoms with van der Waals surface area (Å²) in [6, 6.07) is 5.10. The van der Waals surface area contributed by atoms with E-state index in [4.69, 9.17) is 11.6 Å². The summed E-state index contributed by atoms with van der Waals surface area (Å²) in [7, 11) is 0. The Hall–Kier alpha value is -1.59. The maximum atomic E-state index is 12.4. The second kappa shape index (κ2) is 8.31. The van der Waals surface area contributed by atoms with E-state index in [0.29, 0.717) is 22.7 Å². The molecule has 3 N–H and O–H groups in total. The van der Waals surface area contributed by atoms with Gasteiger partial charge in [0, 0.05) is 24.7 Å². The van der Waals surface area contributed by atoms with Crippen LogP contribution in [0.4, 0.5) is 5.69 Å². The summed E-state index contributed by atoms with van der Waals surface area (Å²) in [5.41, 5.74) is 0.978. The van der Waals surface area contributed by atoms with E-state index in [2.05, 4.69) is 16.0 Å². The van der Waals surface area contributed by atoms with Gasteiger partial charge in [0.25, 0.3) is 5.91 Å². The number of halogens is 1. The van der Waals surface area contributed by atoms with Crippen LogP contribution in [0.25, 0.3) is 0 Å². The molecule has 0 aromatic heterocycles. The van der Waals surface area contributed by atoms with Crippen LogP contribution >= 0.6 is 11.6 Å². The highest BCUT2D eigenvalue weighted by Crippen LogP contribution is 2.21. The monoisotopic (exact) mass is 337 g/mol. The van der Waals surface area contributed by atoms with Crippen LogP contribution in [-0.2, 0) is 4.79 Å². The summed E-state index contributed by atoms with van der Waals surface area (Å²) < 4.78 is 0. The molecule has 0 aliphatic carbocycles. The Kier molecular flexibility index (Phi) is 6.42. The first kappa shape index (κ1) is 17.8. The third kappa shape index (κ3) is 5.52. The highest BCUT2D eigenvalue weighted by Gasteiger charge is 2.18. The van der Waals surface area contributed by atoms with E-state index in [0.717, 1.165) is 25.9 Å². The lowest BCUT2D eigenvalue weighted by Crippen LogP contribution is -2.45. The molecule has 1 aromatic carbocycles. The number of carbonyl (C=O) groups is 2. The van der Waals surface area contributed by atoms with Crippen molar-refractivity contribution in [2.45, 2.75) is 39.2 Å². The van der Waals surface area contributed by atoms with Crippen molar-refractivity contribution in [2.75, 3.05) is 18.4 Å². The molecule has 1 saturated heterocycles. The van der Waals surface area contributed by atoms with E-state index < -0.39 is 0 Å². The predicted molar refractivity (Wildman–Crippen MR) is 92.9 cm³/mol. The molecular weight excluding hydrogens is 314 g/mol. The Morgan fingerprint density at radius 3 is 2.83 bits per heavy atom. The maximum absolute atomic E-state index is 12.4. The maximum Gasteiger partial charge on any atom is 0.253 e. The Morgan fingerprint density at radius 1 is 1.39 bits per heavy atom. The number of amides is 2. The fourth-order valence-corrected chi connectivity index (χ4v) is 2.80. The molecule has 6 heteroatoms. The smallest absolute Gasteiger partial charge is 0.253 e. The molecule has 1 heterocycles. The zero-order valence-corrected chi connectivity index (χ0v) is 14.4. The highest BCUT2D eigenvalue weighted by atomic mass is 35.5. The standard InChI is InChI=1S/C17H24ClN3O2/c1-11(2)8-16(22)20-12-5-6-15(18)14(9-12)17(23)21-13-4-3-7-19-10-13/h5-6,9,11,13,19H,3-4,7-8,10H2,1-2H3,(H,20,22)(H,21,23)/t13-/m0/s1. The van der Waals surface area contributed by atoms with Crippen LogP contribution in [0.3, 0.4) is 0 Å². The molecule has 0 unspecified atom stereocenters. The van der Waals surface area contributed by atoms with E-state index in [9.17, 15) is 9.59 Å². The quantitative estimate of drug-likeness (QED) is 0.773. The molecule has 1 fully saturated rings. The van der Waals surface area contributed by atoms with E-state index in [1.165, 1.54) is 0 Å². The molecule has 0 bridgehead atoms. The number of piperidine rings is 1. The minimum atomic E-state index is -0.205. The number of hydrogen-bond donors (Lipinski definition) is 3. The fourth-order valence-electron chi connectivity index (χ4n) is 2.60. The van der Waals surface area contributed by atoms with Crippen molar-refractivity contribution in [3.05, 3.63) is 28.8 Å². The molecule has 1 atom stereocenters. The summed E-state index contributed by atoms with van der Waals surface area (Å²) in [5.74, 6) is 0.0118. The molecule has 0 spiro atoms. The van der Waals surface area contributed by atoms with Gasteiger partial charge in [-0.15, -0.1) is 0 Å². The van der Waals surface area contributed by atoms with Crippen LogP contribution in [0.15, 0.2) is 18.2 Å². The molecule has 0 saturated carbocycles. The lowest BCUT2D eigenvalue weighted by molar-refractivity contribution is -0.116. The first-order valence-corrected chi connectivity index (χ1v) is 8.44. The molecule has 1 aliphatic heterocycles. The van der Waals surface area contributed by atoms with Gasteiger partial charge in [0.15, 0.2) is 0 Å². The molecule has 23 heavy (non-hydrogen) atoms. The van der Waals surface area contributed by atoms with Gasteiger partial charge in [-0.1, -0.05) is 25.4 Å². The summed E-state index contributed by atoms with van der Waals surface area (Å²) in [5, 5.41) is 9.44. The van der Waals surface area contributed by atoms with Crippen molar-refractivity contribution in [1.82, 2.24) is 10.6 Å². The molecule has 1 aromatic rings. The Morgan fingerprint density at radius 2 is 2.17 bits per heavy atom. The summed E-state index contributed by atoms with van der Waals surface area (Å²) in [4.78, 5) is 24.3. The van der Waals surface area contributed by atoms with Crippen molar-refractivity contribution >= 4 is 29.1 Å². The first-order chi connectivity index (χ1) is 11.0. The van der Waals surface area contributed by atoms with Crippen LogP contribution in [0.1, 0.15) is 43.5 Å². The van der Waals surface area contributed by atoms with E-state index in [-0.39, 0.29) is 23.8 Å². The van der Waals surface area contributed by atoms with Gasteiger partial charge in [0.2, 0.25) is 5.91 Å². The topological polar surface area (TPSA) is 70.2 Å². The van der Waals surface area contributed by atoms with Crippen LogP contribution in [0.2, 0.25) is 5.02 Å². The van der Waals surface area contributed by atoms with Crippen molar-refractivity contribution in [2.24, 2.45) is 5.92 Å². The Balaban J connectivity index is 2.04. The number of rotatable bonds is 5. The van der Waals surface area contributed by atoms with E-state index in [1.54, 1.807) is 18.2 Å². The van der Waals surface area contributed by atoms with E-state index in [1.807, 2.05) is 13.8 Å². The van der Waals surface area contributed by atoms with Gasteiger partial charge in [-0.2, -0.15) is 0 Å². The Labute approximate surface area is 142 Å². The van der Waals surface area contributed by atoms with Gasteiger partial charge in [-0.3, -0.25) is 9.59 Å². The third-order valence-electron chi connectivity index (χ3n) is 3.72. The van der Waals surface area contributed by atoms with Crippen molar-refractivity contribution < 1.29 is 9.59 Å². The van der Waals surface area contributed by atoms with Gasteiger partial charge < -0.3 is 16.0 Å². The van der Waals surface area contributed by atoms with Crippen LogP contribution < -0.4 is 16.0 Å². The number of hydrogen-bond acceptors (Lipinski definition) is 3. The molecule has 126 valence electrons. The van der Waals surface area contributed by atoms with Crippen molar-refractivity contribution in [3.63, 3.8) is 0 Å². The summed E-state index contributed by atoms with van der Waals surface area (Å²) >= 11 is 6.14. The third-order valence-corrected chi connectivity index (χ3v) is 4.05. The molecule has 1 aliphatic rings. The van der Waals surface area contributed by atoms with Gasteiger partial charge >= 0.3 is 0 Å². The van der Waals surface area contributed by atoms with Gasteiger partial charge in [0.1, 0.15) is 0 Å². The van der Waals surface area contributed by atoms with Gasteiger partial charge in [-0.05, 0) is 43.5 Å². The number of nitrogens with one attached hydrogen (secondary N) is 3. The SMILES string of the molecule is CC(C)CC(=O)Nc1ccc(Cl)c(C(=O)N[C@H]2CCCNC2)c1. The van der Waals surface area contributed by atoms with Gasteiger partial charge in [0.05, 0.1) is 10.6 Å². The second-order valence-corrected chi connectivity index (χ2v) is 6.76. The van der Waals surface area contributed by atoms with Crippen LogP contribution in [-0.4, -0.2) is 30.9 Å². The van der Waals surface area contributed by atoms with Crippen molar-refractivity contribution in [1.29, 1.82) is 0 Å². The number of carbonyl (C=O) groups excluding carboxylic acids is 2. The fraction of sp³-hybridized carbons (Fsp3) is 0.529. The average Bonchev–Trinajstić information content (AvgIpc) is 2.49. The largest absolute Gasteiger partial charge is 0.348 e. The summed E-state index contributed by atoms with van der Waals surface area (Å²) in [6.45, 7) is 5.73. The molecule has 2 amide bonds. The minimum Gasteiger partial charge on any atom is -0.348 e. The molecule has 5 nitrogen and oxygen atoms in total. The average molecular weight is 338 g/mol. The first-order valence-electron chi connectivity index (χ1n) is 8.06. The number of anilines is 1. The zero-order chi connectivity index (χ0) is 16.8. The normalized spacial score (nSPS) is 17.8. The van der Waals surface area contributed by atoms with Crippen LogP contribution in [0, 0.1) is 5.92 Å². The Bertz CT molecular complexity index is 569. The highest BCUT2D eigenvalue weighted by molar-refractivity contribution is 6.34. The van der Waals surface area contributed by atoms with Crippen molar-refractivity contribution in [3.8, 4) is 0 Å². The van der Waals surface area contributed by atoms with E-state index >= 15 is 0 Å². The zero-order valence-electron chi connectivity index (χ0n) is 13.6. The van der Waals surface area contributed by atoms with Crippen LogP contribution in [0.5, 0.6) is 0 Å². The molecule has 2 rings (SSSR count). The summed E-state index contributed by atoms with van der Waals surface area (Å²) in [6.07, 6.45) is 2.45. The lowest BCUT2D eigenvalue weighted by atomic mass is 10.1. The molecule has 0 radical (unpaired) electrons. The minimum absolute atomic E-state index is 0.0647. The predicted octanol–water partition coefficient (Wildman–Crippen LogP) is 2.81. The number of benzene rings is 1. The second-order valence-electron chi connectivity index (χ2n) is 6.36. The van der Waals surface area contributed by atoms with Gasteiger partial charge in [-0.25, -0.2) is 0 Å². The molecular formula is C17H24ClN3O2.